The summed E-state index contributed by atoms with van der Waals surface area (Å²) < 4.78 is 10.9. The summed E-state index contributed by atoms with van der Waals surface area (Å²) in [6.45, 7) is 8.04. The van der Waals surface area contributed by atoms with Gasteiger partial charge in [-0.3, -0.25) is 4.79 Å². The standard InChI is InChI=1S/C21H25N3O4/c1-14(22-20(26)28-21(2,3)4)16-10-11-17-18(23-16)27-13-12-24(17)19(25)15-8-6-5-7-9-15/h5-11,14H,12-13H2,1-4H3,(H,22,26). The molecule has 7 nitrogen and oxygen atoms in total. The molecule has 2 aromatic rings. The quantitative estimate of drug-likeness (QED) is 0.874. The van der Waals surface area contributed by atoms with Crippen LogP contribution in [0.4, 0.5) is 10.5 Å². The van der Waals surface area contributed by atoms with Gasteiger partial charge in [0.1, 0.15) is 17.9 Å². The second kappa shape index (κ2) is 7.88. The molecule has 1 unspecified atom stereocenters. The highest BCUT2D eigenvalue weighted by Gasteiger charge is 2.27. The highest BCUT2D eigenvalue weighted by Crippen LogP contribution is 2.32. The minimum absolute atomic E-state index is 0.0976. The third-order valence-corrected chi connectivity index (χ3v) is 4.15. The summed E-state index contributed by atoms with van der Waals surface area (Å²) in [6.07, 6.45) is -0.513. The molecule has 0 radical (unpaired) electrons. The molecule has 0 aliphatic carbocycles. The monoisotopic (exact) mass is 383 g/mol. The number of aromatic nitrogens is 1. The second-order valence-electron chi connectivity index (χ2n) is 7.60. The van der Waals surface area contributed by atoms with Crippen molar-refractivity contribution < 1.29 is 19.1 Å². The lowest BCUT2D eigenvalue weighted by atomic mass is 10.1. The van der Waals surface area contributed by atoms with Crippen LogP contribution in [0.1, 0.15) is 49.8 Å². The summed E-state index contributed by atoms with van der Waals surface area (Å²) in [6, 6.07) is 12.3. The van der Waals surface area contributed by atoms with Crippen LogP contribution in [0.2, 0.25) is 0 Å². The highest BCUT2D eigenvalue weighted by molar-refractivity contribution is 6.06. The lowest BCUT2D eigenvalue weighted by Crippen LogP contribution is -2.38. The number of benzene rings is 1. The molecule has 2 heterocycles. The fourth-order valence-electron chi connectivity index (χ4n) is 2.86. The van der Waals surface area contributed by atoms with Crippen molar-refractivity contribution in [3.8, 4) is 5.88 Å². The fourth-order valence-corrected chi connectivity index (χ4v) is 2.86. The number of fused-ring (bicyclic) bond motifs is 1. The smallest absolute Gasteiger partial charge is 0.408 e. The maximum Gasteiger partial charge on any atom is 0.408 e. The van der Waals surface area contributed by atoms with Crippen molar-refractivity contribution >= 4 is 17.7 Å². The Labute approximate surface area is 164 Å². The number of anilines is 1. The second-order valence-corrected chi connectivity index (χ2v) is 7.60. The molecule has 7 heteroatoms. The molecule has 1 aromatic heterocycles. The first-order valence-corrected chi connectivity index (χ1v) is 9.25. The molecule has 1 aromatic carbocycles. The number of amides is 2. The maximum atomic E-state index is 12.8. The van der Waals surface area contributed by atoms with Crippen LogP contribution < -0.4 is 15.0 Å². The average molecular weight is 383 g/mol. The third-order valence-electron chi connectivity index (χ3n) is 4.15. The number of ether oxygens (including phenoxy) is 2. The Hall–Kier alpha value is -3.09. The minimum atomic E-state index is -0.575. The molecule has 3 rings (SSSR count). The molecule has 0 saturated heterocycles. The van der Waals surface area contributed by atoms with Gasteiger partial charge in [-0.15, -0.1) is 0 Å². The van der Waals surface area contributed by atoms with Crippen molar-refractivity contribution in [3.05, 3.63) is 53.7 Å². The van der Waals surface area contributed by atoms with E-state index in [4.69, 9.17) is 9.47 Å². The summed E-state index contributed by atoms with van der Waals surface area (Å²) in [5.41, 5.74) is 1.28. The van der Waals surface area contributed by atoms with E-state index in [0.29, 0.717) is 36.0 Å². The third kappa shape index (κ3) is 4.60. The topological polar surface area (TPSA) is 80.8 Å². The van der Waals surface area contributed by atoms with E-state index in [0.717, 1.165) is 0 Å². The molecule has 0 saturated carbocycles. The first-order chi connectivity index (χ1) is 13.2. The van der Waals surface area contributed by atoms with Crippen LogP contribution >= 0.6 is 0 Å². The van der Waals surface area contributed by atoms with Crippen molar-refractivity contribution in [2.24, 2.45) is 0 Å². The van der Waals surface area contributed by atoms with Gasteiger partial charge < -0.3 is 19.7 Å². The Bertz CT molecular complexity index is 862. The average Bonchev–Trinajstić information content (AvgIpc) is 2.65. The minimum Gasteiger partial charge on any atom is -0.474 e. The number of carbonyl (C=O) groups excluding carboxylic acids is 2. The van der Waals surface area contributed by atoms with Crippen molar-refractivity contribution in [2.75, 3.05) is 18.1 Å². The van der Waals surface area contributed by atoms with Gasteiger partial charge in [0.2, 0.25) is 5.88 Å². The number of hydrogen-bond acceptors (Lipinski definition) is 5. The molecular formula is C21H25N3O4. The van der Waals surface area contributed by atoms with Crippen LogP contribution in [-0.2, 0) is 4.74 Å². The van der Waals surface area contributed by atoms with Crippen LogP contribution in [0.25, 0.3) is 0 Å². The SMILES string of the molecule is CC(NC(=O)OC(C)(C)C)c1ccc2c(n1)OCCN2C(=O)c1ccccc1. The van der Waals surface area contributed by atoms with E-state index >= 15 is 0 Å². The lowest BCUT2D eigenvalue weighted by molar-refractivity contribution is 0.0506. The van der Waals surface area contributed by atoms with Gasteiger partial charge in [0.05, 0.1) is 18.3 Å². The van der Waals surface area contributed by atoms with Crippen molar-refractivity contribution in [1.29, 1.82) is 0 Å². The molecule has 0 fully saturated rings. The molecule has 2 amide bonds. The molecule has 1 aliphatic rings. The first-order valence-electron chi connectivity index (χ1n) is 9.25. The van der Waals surface area contributed by atoms with Gasteiger partial charge in [0.15, 0.2) is 0 Å². The summed E-state index contributed by atoms with van der Waals surface area (Å²) in [5.74, 6) is 0.283. The molecule has 1 atom stereocenters. The number of alkyl carbamates (subject to hydrolysis) is 1. The van der Waals surface area contributed by atoms with Crippen LogP contribution in [0, 0.1) is 0 Å². The Morgan fingerprint density at radius 1 is 1.18 bits per heavy atom. The number of pyridine rings is 1. The largest absolute Gasteiger partial charge is 0.474 e. The number of hydrogen-bond donors (Lipinski definition) is 1. The summed E-state index contributed by atoms with van der Waals surface area (Å²) in [4.78, 5) is 31.0. The van der Waals surface area contributed by atoms with Crippen molar-refractivity contribution in [1.82, 2.24) is 10.3 Å². The van der Waals surface area contributed by atoms with E-state index in [1.807, 2.05) is 25.1 Å². The van der Waals surface area contributed by atoms with Gasteiger partial charge in [0, 0.05) is 5.56 Å². The Morgan fingerprint density at radius 2 is 1.89 bits per heavy atom. The zero-order chi connectivity index (χ0) is 20.3. The Kier molecular flexibility index (Phi) is 5.53. The molecule has 0 bridgehead atoms. The molecule has 1 N–H and O–H groups in total. The maximum absolute atomic E-state index is 12.8. The van der Waals surface area contributed by atoms with Crippen LogP contribution in [-0.4, -0.2) is 35.7 Å². The zero-order valence-corrected chi connectivity index (χ0v) is 16.6. The normalized spacial score (nSPS) is 14.5. The Morgan fingerprint density at radius 3 is 2.57 bits per heavy atom. The molecule has 148 valence electrons. The molecular weight excluding hydrogens is 358 g/mol. The number of rotatable bonds is 3. The van der Waals surface area contributed by atoms with Crippen LogP contribution in [0.5, 0.6) is 5.88 Å². The number of carbonyl (C=O) groups is 2. The van der Waals surface area contributed by atoms with E-state index in [1.165, 1.54) is 0 Å². The van der Waals surface area contributed by atoms with Gasteiger partial charge in [-0.1, -0.05) is 18.2 Å². The van der Waals surface area contributed by atoms with Gasteiger partial charge >= 0.3 is 6.09 Å². The zero-order valence-electron chi connectivity index (χ0n) is 16.6. The van der Waals surface area contributed by atoms with Crippen molar-refractivity contribution in [3.63, 3.8) is 0 Å². The summed E-state index contributed by atoms with van der Waals surface area (Å²) in [7, 11) is 0. The van der Waals surface area contributed by atoms with Gasteiger partial charge in [-0.25, -0.2) is 9.78 Å². The van der Waals surface area contributed by atoms with Gasteiger partial charge in [-0.2, -0.15) is 0 Å². The van der Waals surface area contributed by atoms with Gasteiger partial charge in [0.25, 0.3) is 5.91 Å². The number of nitrogens with zero attached hydrogens (tertiary/aromatic N) is 2. The van der Waals surface area contributed by atoms with Crippen LogP contribution in [0.3, 0.4) is 0 Å². The van der Waals surface area contributed by atoms with E-state index in [-0.39, 0.29) is 11.9 Å². The Balaban J connectivity index is 1.77. The van der Waals surface area contributed by atoms with Crippen molar-refractivity contribution in [2.45, 2.75) is 39.3 Å². The first kappa shape index (κ1) is 19.7. The lowest BCUT2D eigenvalue weighted by Gasteiger charge is -2.29. The predicted octanol–water partition coefficient (Wildman–Crippen LogP) is 3.71. The predicted molar refractivity (Wildman–Crippen MR) is 106 cm³/mol. The van der Waals surface area contributed by atoms with Crippen LogP contribution in [0.15, 0.2) is 42.5 Å². The molecule has 0 spiro atoms. The van der Waals surface area contributed by atoms with E-state index in [1.54, 1.807) is 49.9 Å². The van der Waals surface area contributed by atoms with E-state index in [2.05, 4.69) is 10.3 Å². The summed E-state index contributed by atoms with van der Waals surface area (Å²) >= 11 is 0. The van der Waals surface area contributed by atoms with E-state index in [9.17, 15) is 9.59 Å². The molecule has 1 aliphatic heterocycles. The van der Waals surface area contributed by atoms with E-state index < -0.39 is 11.7 Å². The summed E-state index contributed by atoms with van der Waals surface area (Å²) in [5, 5.41) is 2.76. The number of nitrogens with one attached hydrogen (secondary N) is 1. The molecule has 28 heavy (non-hydrogen) atoms. The fraction of sp³-hybridized carbons (Fsp3) is 0.381. The highest BCUT2D eigenvalue weighted by atomic mass is 16.6. The van der Waals surface area contributed by atoms with Gasteiger partial charge in [-0.05, 0) is 52.0 Å².